The number of benzene rings is 3. The van der Waals surface area contributed by atoms with Crippen LogP contribution in [0.4, 0.5) is 0 Å². The topological polar surface area (TPSA) is 97.8 Å². The van der Waals surface area contributed by atoms with Crippen LogP contribution >= 0.6 is 0 Å². The van der Waals surface area contributed by atoms with E-state index in [4.69, 9.17) is 18.9 Å². The Hall–Kier alpha value is -4.34. The lowest BCUT2D eigenvalue weighted by Crippen LogP contribution is -2.42. The van der Waals surface area contributed by atoms with Crippen molar-refractivity contribution in [3.8, 4) is 17.2 Å². The van der Waals surface area contributed by atoms with Crippen molar-refractivity contribution in [1.29, 1.82) is 0 Å². The fourth-order valence-electron chi connectivity index (χ4n) is 5.51. The molecule has 3 aromatic rings. The summed E-state index contributed by atoms with van der Waals surface area (Å²) in [6.45, 7) is 8.86. The van der Waals surface area contributed by atoms with Gasteiger partial charge in [-0.2, -0.15) is 0 Å². The summed E-state index contributed by atoms with van der Waals surface area (Å²) in [6.07, 6.45) is 0.892. The van der Waals surface area contributed by atoms with Gasteiger partial charge in [0.15, 0.2) is 11.5 Å². The quantitative estimate of drug-likeness (QED) is 0.154. The molecule has 1 amide bonds. The molecule has 2 aliphatic rings. The maximum Gasteiger partial charge on any atom is 0.295 e. The van der Waals surface area contributed by atoms with Crippen molar-refractivity contribution in [3.05, 3.63) is 95.1 Å². The van der Waals surface area contributed by atoms with Crippen LogP contribution in [0, 0.1) is 5.92 Å². The average Bonchev–Trinajstić information content (AvgIpc) is 3.32. The summed E-state index contributed by atoms with van der Waals surface area (Å²) in [5.41, 5.74) is 2.14. The first kappa shape index (κ1) is 32.1. The fourth-order valence-corrected chi connectivity index (χ4v) is 5.51. The number of morpholine rings is 1. The first-order chi connectivity index (χ1) is 21.9. The van der Waals surface area contributed by atoms with Crippen LogP contribution in [0.3, 0.4) is 0 Å². The summed E-state index contributed by atoms with van der Waals surface area (Å²) in [5, 5.41) is 11.6. The summed E-state index contributed by atoms with van der Waals surface area (Å²) < 4.78 is 23.0. The molecule has 1 N–H and O–H groups in total. The van der Waals surface area contributed by atoms with Crippen LogP contribution in [0.5, 0.6) is 17.2 Å². The van der Waals surface area contributed by atoms with Gasteiger partial charge in [-0.15, -0.1) is 0 Å². The van der Waals surface area contributed by atoms with Crippen LogP contribution < -0.4 is 14.2 Å². The maximum absolute atomic E-state index is 13.6. The second kappa shape index (κ2) is 15.1. The van der Waals surface area contributed by atoms with Gasteiger partial charge >= 0.3 is 0 Å². The van der Waals surface area contributed by atoms with Crippen LogP contribution in [-0.2, 0) is 20.9 Å². The lowest BCUT2D eigenvalue weighted by Gasteiger charge is -2.31. The molecule has 0 bridgehead atoms. The van der Waals surface area contributed by atoms with Crippen molar-refractivity contribution in [2.24, 2.45) is 5.92 Å². The molecule has 0 saturated carbocycles. The third-order valence-corrected chi connectivity index (χ3v) is 8.13. The Bertz CT molecular complexity index is 1480. The Morgan fingerprint density at radius 2 is 1.67 bits per heavy atom. The molecule has 2 aliphatic heterocycles. The molecule has 238 valence electrons. The van der Waals surface area contributed by atoms with Gasteiger partial charge in [-0.05, 0) is 59.9 Å². The molecule has 2 saturated heterocycles. The minimum Gasteiger partial charge on any atom is -0.507 e. The third-order valence-electron chi connectivity index (χ3n) is 8.13. The minimum absolute atomic E-state index is 0.0375. The number of carbonyl (C=O) groups is 2. The van der Waals surface area contributed by atoms with E-state index < -0.39 is 17.7 Å². The Labute approximate surface area is 265 Å². The van der Waals surface area contributed by atoms with E-state index in [1.807, 2.05) is 36.4 Å². The maximum atomic E-state index is 13.6. The Morgan fingerprint density at radius 3 is 2.36 bits per heavy atom. The number of carbonyl (C=O) groups excluding carboxylic acids is 2. The lowest BCUT2D eigenvalue weighted by atomic mass is 9.95. The van der Waals surface area contributed by atoms with Gasteiger partial charge in [0, 0.05) is 31.7 Å². The first-order valence-corrected chi connectivity index (χ1v) is 15.5. The highest BCUT2D eigenvalue weighted by atomic mass is 16.5. The number of nitrogens with zero attached hydrogens (tertiary/aromatic N) is 2. The van der Waals surface area contributed by atoms with E-state index in [2.05, 4.69) is 18.7 Å². The monoisotopic (exact) mass is 614 g/mol. The highest BCUT2D eigenvalue weighted by molar-refractivity contribution is 6.46. The normalized spacial score (nSPS) is 18.4. The van der Waals surface area contributed by atoms with Gasteiger partial charge in [-0.3, -0.25) is 14.5 Å². The van der Waals surface area contributed by atoms with Crippen molar-refractivity contribution in [2.75, 3.05) is 53.1 Å². The molecule has 0 aromatic heterocycles. The van der Waals surface area contributed by atoms with E-state index in [1.54, 1.807) is 48.4 Å². The third kappa shape index (κ3) is 7.85. The van der Waals surface area contributed by atoms with Crippen molar-refractivity contribution in [2.45, 2.75) is 32.9 Å². The number of aliphatic hydroxyl groups is 1. The number of hydrogen-bond acceptors (Lipinski definition) is 8. The predicted molar refractivity (Wildman–Crippen MR) is 171 cm³/mol. The molecule has 0 spiro atoms. The van der Waals surface area contributed by atoms with Crippen LogP contribution in [0.1, 0.15) is 43.0 Å². The van der Waals surface area contributed by atoms with Gasteiger partial charge in [0.2, 0.25) is 0 Å². The van der Waals surface area contributed by atoms with E-state index in [0.29, 0.717) is 73.8 Å². The van der Waals surface area contributed by atoms with Crippen LogP contribution in [0.2, 0.25) is 0 Å². The fraction of sp³-hybridized carbons (Fsp3) is 0.389. The smallest absolute Gasteiger partial charge is 0.295 e. The van der Waals surface area contributed by atoms with Gasteiger partial charge in [0.25, 0.3) is 11.7 Å². The number of likely N-dealkylation sites (tertiary alicyclic amines) is 1. The summed E-state index contributed by atoms with van der Waals surface area (Å²) >= 11 is 0. The SMILES string of the molecule is COc1cc(C2C(=C(O)c3ccc(OCc4ccccc4)cc3)C(=O)C(=O)N2CCN2CCOCC2)ccc1OCCC(C)C. The summed E-state index contributed by atoms with van der Waals surface area (Å²) in [6, 6.07) is 21.3. The van der Waals surface area contributed by atoms with Gasteiger partial charge in [-0.1, -0.05) is 50.2 Å². The van der Waals surface area contributed by atoms with E-state index in [-0.39, 0.29) is 11.3 Å². The molecule has 2 fully saturated rings. The number of aliphatic hydroxyl groups excluding tert-OH is 1. The second-order valence-corrected chi connectivity index (χ2v) is 11.7. The molecule has 0 aliphatic carbocycles. The average molecular weight is 615 g/mol. The van der Waals surface area contributed by atoms with E-state index in [0.717, 1.165) is 25.1 Å². The van der Waals surface area contributed by atoms with E-state index in [1.165, 1.54) is 0 Å². The van der Waals surface area contributed by atoms with Gasteiger partial charge < -0.3 is 29.0 Å². The molecular weight excluding hydrogens is 572 g/mol. The number of amides is 1. The Kier molecular flexibility index (Phi) is 10.8. The largest absolute Gasteiger partial charge is 0.507 e. The highest BCUT2D eigenvalue weighted by Gasteiger charge is 2.46. The number of methoxy groups -OCH3 is 1. The van der Waals surface area contributed by atoms with Crippen molar-refractivity contribution < 1.29 is 33.6 Å². The summed E-state index contributed by atoms with van der Waals surface area (Å²) in [4.78, 5) is 30.9. The lowest BCUT2D eigenvalue weighted by molar-refractivity contribution is -0.140. The molecule has 2 heterocycles. The second-order valence-electron chi connectivity index (χ2n) is 11.7. The van der Waals surface area contributed by atoms with Crippen LogP contribution in [0.25, 0.3) is 5.76 Å². The van der Waals surface area contributed by atoms with Crippen molar-refractivity contribution in [3.63, 3.8) is 0 Å². The standard InChI is InChI=1S/C36H42N2O7/c1-25(2)15-20-44-30-14-11-28(23-31(30)42-3)33-32(35(40)36(41)38(33)17-16-37-18-21-43-22-19-37)34(39)27-9-12-29(13-10-27)45-24-26-7-5-4-6-8-26/h4-14,23,25,33,39H,15-22,24H2,1-3H3. The zero-order valence-corrected chi connectivity index (χ0v) is 26.2. The molecule has 1 unspecified atom stereocenters. The Balaban J connectivity index is 1.45. The molecule has 1 atom stereocenters. The van der Waals surface area contributed by atoms with Crippen LogP contribution in [-0.4, -0.2) is 79.7 Å². The molecule has 0 radical (unpaired) electrons. The number of rotatable bonds is 13. The molecule has 3 aromatic carbocycles. The molecule has 9 nitrogen and oxygen atoms in total. The van der Waals surface area contributed by atoms with Gasteiger partial charge in [0.05, 0.1) is 38.5 Å². The Morgan fingerprint density at radius 1 is 0.933 bits per heavy atom. The zero-order valence-electron chi connectivity index (χ0n) is 26.2. The number of hydrogen-bond donors (Lipinski definition) is 1. The van der Waals surface area contributed by atoms with Crippen LogP contribution in [0.15, 0.2) is 78.4 Å². The number of ether oxygens (including phenoxy) is 4. The molecule has 5 rings (SSSR count). The van der Waals surface area contributed by atoms with Crippen molar-refractivity contribution >= 4 is 17.4 Å². The predicted octanol–water partition coefficient (Wildman–Crippen LogP) is 5.45. The zero-order chi connectivity index (χ0) is 31.8. The minimum atomic E-state index is -0.807. The molecule has 9 heteroatoms. The summed E-state index contributed by atoms with van der Waals surface area (Å²) in [7, 11) is 1.56. The molecule has 45 heavy (non-hydrogen) atoms. The van der Waals surface area contributed by atoms with Gasteiger partial charge in [0.1, 0.15) is 18.1 Å². The number of Topliss-reactive ketones (excluding diaryl/α,β-unsaturated/α-hetero) is 1. The van der Waals surface area contributed by atoms with Crippen molar-refractivity contribution in [1.82, 2.24) is 9.80 Å². The first-order valence-electron chi connectivity index (χ1n) is 15.5. The number of ketones is 1. The van der Waals surface area contributed by atoms with Gasteiger partial charge in [-0.25, -0.2) is 0 Å². The van der Waals surface area contributed by atoms with E-state index in [9.17, 15) is 14.7 Å². The molecular formula is C36H42N2O7. The highest BCUT2D eigenvalue weighted by Crippen LogP contribution is 2.42. The van der Waals surface area contributed by atoms with E-state index >= 15 is 0 Å². The summed E-state index contributed by atoms with van der Waals surface area (Å²) in [5.74, 6) is 0.585.